The number of nitrogens with one attached hydrogen (secondary N) is 1. The highest BCUT2D eigenvalue weighted by molar-refractivity contribution is 5.80. The Morgan fingerprint density at radius 3 is 2.49 bits per heavy atom. The monoisotopic (exact) mass is 496 g/mol. The first kappa shape index (κ1) is 24.9. The number of hydrogen-bond donors (Lipinski definition) is 1. The molecule has 1 N–H and O–H groups in total. The lowest BCUT2D eigenvalue weighted by molar-refractivity contribution is -0.125. The number of ether oxygens (including phenoxy) is 1. The van der Waals surface area contributed by atoms with Crippen LogP contribution in [-0.2, 0) is 17.9 Å². The van der Waals surface area contributed by atoms with Crippen molar-refractivity contribution < 1.29 is 9.53 Å². The maximum atomic E-state index is 12.9. The Bertz CT molecular complexity index is 1340. The molecule has 0 atom stereocenters. The highest BCUT2D eigenvalue weighted by Crippen LogP contribution is 2.28. The Balaban J connectivity index is 1.22. The number of anilines is 1. The molecule has 1 aliphatic heterocycles. The molecule has 0 saturated carbocycles. The fraction of sp³-hybridized carbons (Fsp3) is 0.355. The third-order valence-electron chi connectivity index (χ3n) is 7.24. The van der Waals surface area contributed by atoms with Gasteiger partial charge < -0.3 is 19.5 Å². The second kappa shape index (κ2) is 11.5. The van der Waals surface area contributed by atoms with Crippen molar-refractivity contribution in [3.8, 4) is 5.75 Å². The van der Waals surface area contributed by atoms with Crippen LogP contribution in [-0.4, -0.2) is 35.2 Å². The number of aromatic nitrogens is 2. The van der Waals surface area contributed by atoms with Crippen molar-refractivity contribution in [2.45, 2.75) is 46.2 Å². The fourth-order valence-electron chi connectivity index (χ4n) is 5.02. The Kier molecular flexibility index (Phi) is 7.73. The number of amides is 1. The average molecular weight is 497 g/mol. The van der Waals surface area contributed by atoms with Crippen LogP contribution in [0.1, 0.15) is 42.9 Å². The molecule has 0 radical (unpaired) electrons. The summed E-state index contributed by atoms with van der Waals surface area (Å²) in [5.41, 5.74) is 5.82. The van der Waals surface area contributed by atoms with E-state index in [-0.39, 0.29) is 11.8 Å². The molecule has 1 fully saturated rings. The van der Waals surface area contributed by atoms with Gasteiger partial charge in [0.05, 0.1) is 24.2 Å². The summed E-state index contributed by atoms with van der Waals surface area (Å²) in [6, 6.07) is 24.9. The van der Waals surface area contributed by atoms with Crippen LogP contribution in [0.3, 0.4) is 0 Å². The van der Waals surface area contributed by atoms with Crippen LogP contribution >= 0.6 is 0 Å². The summed E-state index contributed by atoms with van der Waals surface area (Å²) in [5.74, 6) is 2.03. The predicted molar refractivity (Wildman–Crippen MR) is 149 cm³/mol. The molecule has 37 heavy (non-hydrogen) atoms. The first-order valence-corrected chi connectivity index (χ1v) is 13.4. The minimum absolute atomic E-state index is 0.0256. The standard InChI is InChI=1S/C31H36N4O2/c1-3-20-37-27-14-12-24(13-15-27)21-32-30(36)25-16-18-34(19-17-25)31-33-28-10-6-7-11-29(28)35(31)22-26-9-5-4-8-23(26)2/h4-15,25H,3,16-22H2,1-2H3,(H,32,36). The summed E-state index contributed by atoms with van der Waals surface area (Å²) in [6.45, 7) is 7.93. The van der Waals surface area contributed by atoms with Gasteiger partial charge in [-0.3, -0.25) is 4.79 Å². The fourth-order valence-corrected chi connectivity index (χ4v) is 5.02. The van der Waals surface area contributed by atoms with E-state index in [4.69, 9.17) is 9.72 Å². The van der Waals surface area contributed by atoms with Crippen LogP contribution in [0.2, 0.25) is 0 Å². The van der Waals surface area contributed by atoms with Crippen molar-refractivity contribution in [3.63, 3.8) is 0 Å². The number of fused-ring (bicyclic) bond motifs is 1. The minimum atomic E-state index is 0.0256. The van der Waals surface area contributed by atoms with E-state index >= 15 is 0 Å². The van der Waals surface area contributed by atoms with Crippen LogP contribution in [0.25, 0.3) is 11.0 Å². The van der Waals surface area contributed by atoms with Gasteiger partial charge in [-0.2, -0.15) is 0 Å². The summed E-state index contributed by atoms with van der Waals surface area (Å²) >= 11 is 0. The molecule has 2 heterocycles. The zero-order chi connectivity index (χ0) is 25.6. The van der Waals surface area contributed by atoms with Gasteiger partial charge in [-0.05, 0) is 67.1 Å². The highest BCUT2D eigenvalue weighted by atomic mass is 16.5. The van der Waals surface area contributed by atoms with Crippen molar-refractivity contribution >= 4 is 22.9 Å². The Labute approximate surface area is 219 Å². The molecule has 0 unspecified atom stereocenters. The Hall–Kier alpha value is -3.80. The molecule has 6 heteroatoms. The number of benzene rings is 3. The van der Waals surface area contributed by atoms with Crippen molar-refractivity contribution in [2.75, 3.05) is 24.6 Å². The number of imidazole rings is 1. The number of aryl methyl sites for hydroxylation is 1. The molecule has 3 aromatic carbocycles. The number of piperidine rings is 1. The third kappa shape index (κ3) is 5.79. The number of nitrogens with zero attached hydrogens (tertiary/aromatic N) is 3. The highest BCUT2D eigenvalue weighted by Gasteiger charge is 2.27. The zero-order valence-electron chi connectivity index (χ0n) is 21.8. The second-order valence-corrected chi connectivity index (χ2v) is 9.88. The average Bonchev–Trinajstić information content (AvgIpc) is 3.30. The van der Waals surface area contributed by atoms with E-state index in [1.165, 1.54) is 11.1 Å². The quantitative estimate of drug-likeness (QED) is 0.322. The first-order valence-electron chi connectivity index (χ1n) is 13.4. The minimum Gasteiger partial charge on any atom is -0.494 e. The van der Waals surface area contributed by atoms with Gasteiger partial charge in [0.2, 0.25) is 11.9 Å². The van der Waals surface area contributed by atoms with Crippen molar-refractivity contribution in [2.24, 2.45) is 5.92 Å². The molecular formula is C31H36N4O2. The maximum absolute atomic E-state index is 12.9. The van der Waals surface area contributed by atoms with Gasteiger partial charge in [0.15, 0.2) is 0 Å². The molecule has 192 valence electrons. The summed E-state index contributed by atoms with van der Waals surface area (Å²) < 4.78 is 7.97. The lowest BCUT2D eigenvalue weighted by Crippen LogP contribution is -2.41. The summed E-state index contributed by atoms with van der Waals surface area (Å²) in [4.78, 5) is 20.3. The Morgan fingerprint density at radius 2 is 1.73 bits per heavy atom. The SMILES string of the molecule is CCCOc1ccc(CNC(=O)C2CCN(c3nc4ccccc4n3Cc3ccccc3C)CC2)cc1. The van der Waals surface area contributed by atoms with Crippen molar-refractivity contribution in [1.29, 1.82) is 0 Å². The van der Waals surface area contributed by atoms with Crippen molar-refractivity contribution in [3.05, 3.63) is 89.5 Å². The summed E-state index contributed by atoms with van der Waals surface area (Å²) in [6.07, 6.45) is 2.63. The van der Waals surface area contributed by atoms with Gasteiger partial charge in [0, 0.05) is 25.6 Å². The molecule has 0 spiro atoms. The molecule has 1 aliphatic rings. The van der Waals surface area contributed by atoms with Crippen LogP contribution in [0.15, 0.2) is 72.8 Å². The zero-order valence-corrected chi connectivity index (χ0v) is 21.8. The lowest BCUT2D eigenvalue weighted by Gasteiger charge is -2.32. The largest absolute Gasteiger partial charge is 0.494 e. The third-order valence-corrected chi connectivity index (χ3v) is 7.24. The number of carbonyl (C=O) groups is 1. The molecule has 4 aromatic rings. The number of para-hydroxylation sites is 2. The molecule has 6 nitrogen and oxygen atoms in total. The predicted octanol–water partition coefficient (Wildman–Crippen LogP) is 5.71. The van der Waals surface area contributed by atoms with Crippen LogP contribution in [0, 0.1) is 12.8 Å². The molecule has 1 amide bonds. The molecular weight excluding hydrogens is 460 g/mol. The van der Waals surface area contributed by atoms with E-state index < -0.39 is 0 Å². The molecule has 0 bridgehead atoms. The number of rotatable bonds is 9. The van der Waals surface area contributed by atoms with E-state index in [0.29, 0.717) is 6.54 Å². The van der Waals surface area contributed by atoms with Gasteiger partial charge in [-0.1, -0.05) is 55.5 Å². The number of hydrogen-bond acceptors (Lipinski definition) is 4. The normalized spacial score (nSPS) is 14.2. The van der Waals surface area contributed by atoms with Crippen LogP contribution in [0.5, 0.6) is 5.75 Å². The van der Waals surface area contributed by atoms with Gasteiger partial charge in [0.1, 0.15) is 5.75 Å². The van der Waals surface area contributed by atoms with Crippen molar-refractivity contribution in [1.82, 2.24) is 14.9 Å². The van der Waals surface area contributed by atoms with Gasteiger partial charge in [0.25, 0.3) is 0 Å². The molecule has 1 aromatic heterocycles. The first-order chi connectivity index (χ1) is 18.1. The molecule has 0 aliphatic carbocycles. The summed E-state index contributed by atoms with van der Waals surface area (Å²) in [7, 11) is 0. The topological polar surface area (TPSA) is 59.4 Å². The molecule has 5 rings (SSSR count). The van der Waals surface area contributed by atoms with Gasteiger partial charge in [-0.25, -0.2) is 4.98 Å². The van der Waals surface area contributed by atoms with E-state index in [1.807, 2.05) is 30.3 Å². The maximum Gasteiger partial charge on any atom is 0.223 e. The Morgan fingerprint density at radius 1 is 1.00 bits per heavy atom. The van der Waals surface area contributed by atoms with E-state index in [1.54, 1.807) is 0 Å². The van der Waals surface area contributed by atoms with Gasteiger partial charge in [-0.15, -0.1) is 0 Å². The lowest BCUT2D eigenvalue weighted by atomic mass is 9.96. The molecule has 1 saturated heterocycles. The smallest absolute Gasteiger partial charge is 0.223 e. The number of carbonyl (C=O) groups excluding carboxylic acids is 1. The van der Waals surface area contributed by atoms with E-state index in [9.17, 15) is 4.79 Å². The van der Waals surface area contributed by atoms with Gasteiger partial charge >= 0.3 is 0 Å². The van der Waals surface area contributed by atoms with E-state index in [0.717, 1.165) is 73.8 Å². The van der Waals surface area contributed by atoms with E-state index in [2.05, 4.69) is 71.1 Å². The second-order valence-electron chi connectivity index (χ2n) is 9.88. The van der Waals surface area contributed by atoms with Crippen LogP contribution < -0.4 is 15.0 Å². The summed E-state index contributed by atoms with van der Waals surface area (Å²) in [5, 5.41) is 3.14. The van der Waals surface area contributed by atoms with Crippen LogP contribution in [0.4, 0.5) is 5.95 Å².